The van der Waals surface area contributed by atoms with Gasteiger partial charge in [0.25, 0.3) is 0 Å². The van der Waals surface area contributed by atoms with E-state index in [0.717, 1.165) is 0 Å². The van der Waals surface area contributed by atoms with Crippen LogP contribution in [0.1, 0.15) is 90.9 Å². The average Bonchev–Trinajstić information content (AvgIpc) is 2.38. The highest BCUT2D eigenvalue weighted by Crippen LogP contribution is 2.45. The van der Waals surface area contributed by atoms with E-state index in [4.69, 9.17) is 0 Å². The minimum absolute atomic E-state index is 0.183. The smallest absolute Gasteiger partial charge is 0.0227 e. The van der Waals surface area contributed by atoms with Crippen molar-refractivity contribution in [3.05, 3.63) is 0 Å². The molecule has 0 unspecified atom stereocenters. The maximum absolute atomic E-state index is 3.91. The van der Waals surface area contributed by atoms with Gasteiger partial charge in [0.05, 0.1) is 0 Å². The Morgan fingerprint density at radius 3 is 1.28 bits per heavy atom. The fourth-order valence-electron chi connectivity index (χ4n) is 2.24. The van der Waals surface area contributed by atoms with Crippen LogP contribution in [0.2, 0.25) is 0 Å². The van der Waals surface area contributed by atoms with Crippen LogP contribution in [0.3, 0.4) is 0 Å². The number of rotatable bonds is 14. The molecular weight excluding hydrogens is 303 g/mol. The molecule has 0 aliphatic rings. The quantitative estimate of drug-likeness (QED) is 0.227. The molecule has 0 aromatic rings. The normalized spacial score (nSPS) is 11.3. The van der Waals surface area contributed by atoms with Gasteiger partial charge in [-0.2, -0.15) is 0 Å². The molecule has 0 aliphatic carbocycles. The van der Waals surface area contributed by atoms with Crippen LogP contribution >= 0.6 is 22.1 Å². The van der Waals surface area contributed by atoms with Crippen molar-refractivity contribution in [1.82, 2.24) is 0 Å². The fourth-order valence-corrected chi connectivity index (χ4v) is 5.10. The van der Waals surface area contributed by atoms with Crippen molar-refractivity contribution in [3.63, 3.8) is 0 Å². The van der Waals surface area contributed by atoms with E-state index in [2.05, 4.69) is 29.3 Å². The Morgan fingerprint density at radius 2 is 0.889 bits per heavy atom. The summed E-state index contributed by atoms with van der Waals surface area (Å²) in [6.45, 7) is 4.76. The highest BCUT2D eigenvalue weighted by atomic mass is 79.9. The zero-order chi connectivity index (χ0) is 13.5. The number of unbranched alkanes of at least 4 members (excludes halogenated alkanes) is 10. The maximum Gasteiger partial charge on any atom is -0.0227 e. The van der Waals surface area contributed by atoms with Crippen molar-refractivity contribution in [3.8, 4) is 0 Å². The van der Waals surface area contributed by atoms with Gasteiger partial charge in [0.15, 0.2) is 0 Å². The summed E-state index contributed by atoms with van der Waals surface area (Å²) in [5.74, 6) is 0. The molecule has 0 aliphatic heterocycles. The van der Waals surface area contributed by atoms with E-state index in [0.29, 0.717) is 0 Å². The molecule has 18 heavy (non-hydrogen) atoms. The van der Waals surface area contributed by atoms with Crippen LogP contribution in [0.4, 0.5) is 0 Å². The lowest BCUT2D eigenvalue weighted by Crippen LogP contribution is -1.88. The Labute approximate surface area is 125 Å². The van der Waals surface area contributed by atoms with Crippen LogP contribution in [0, 0.1) is 0 Å². The predicted octanol–water partition coefficient (Wildman–Crippen LogP) is 7.50. The zero-order valence-electron chi connectivity index (χ0n) is 12.7. The predicted molar refractivity (Wildman–Crippen MR) is 92.3 cm³/mol. The van der Waals surface area contributed by atoms with Crippen LogP contribution in [-0.4, -0.2) is 12.3 Å². The van der Waals surface area contributed by atoms with Gasteiger partial charge in [0.1, 0.15) is 0 Å². The minimum atomic E-state index is 0.183. The molecule has 110 valence electrons. The fraction of sp³-hybridized carbons (Fsp3) is 1.00. The highest BCUT2D eigenvalue weighted by molar-refractivity contribution is 9.39. The van der Waals surface area contributed by atoms with E-state index < -0.39 is 0 Å². The van der Waals surface area contributed by atoms with Crippen molar-refractivity contribution < 1.29 is 0 Å². The summed E-state index contributed by atoms with van der Waals surface area (Å²) in [5.41, 5.74) is 0. The largest absolute Gasteiger partial charge is 0.0654 e. The molecule has 0 saturated heterocycles. The topological polar surface area (TPSA) is 0 Å². The van der Waals surface area contributed by atoms with Gasteiger partial charge in [0, 0.05) is 0 Å². The number of halogens is 1. The second kappa shape index (κ2) is 16.0. The van der Waals surface area contributed by atoms with E-state index in [1.54, 1.807) is 0 Å². The van der Waals surface area contributed by atoms with Crippen molar-refractivity contribution >= 4 is 22.1 Å². The molecule has 0 aromatic carbocycles. The minimum Gasteiger partial charge on any atom is -0.0654 e. The van der Waals surface area contributed by atoms with Crippen LogP contribution in [0.5, 0.6) is 0 Å². The monoisotopic (exact) mass is 336 g/mol. The van der Waals surface area contributed by atoms with Gasteiger partial charge in [-0.25, -0.2) is 0 Å². The summed E-state index contributed by atoms with van der Waals surface area (Å²) < 4.78 is 0. The second-order valence-electron chi connectivity index (χ2n) is 5.45. The van der Waals surface area contributed by atoms with Gasteiger partial charge >= 0.3 is 0 Å². The van der Waals surface area contributed by atoms with Crippen molar-refractivity contribution in [2.45, 2.75) is 90.9 Å². The van der Waals surface area contributed by atoms with Crippen LogP contribution in [-0.2, 0) is 0 Å². The van der Waals surface area contributed by atoms with E-state index in [-0.39, 0.29) is 6.62 Å². The van der Waals surface area contributed by atoms with Crippen molar-refractivity contribution in [1.29, 1.82) is 0 Å². The third kappa shape index (κ3) is 15.0. The van der Waals surface area contributed by atoms with Gasteiger partial charge in [-0.3, -0.25) is 0 Å². The van der Waals surface area contributed by atoms with Crippen LogP contribution in [0.15, 0.2) is 0 Å². The summed E-state index contributed by atoms with van der Waals surface area (Å²) in [7, 11) is 0. The van der Waals surface area contributed by atoms with Gasteiger partial charge < -0.3 is 0 Å². The average molecular weight is 337 g/mol. The van der Waals surface area contributed by atoms with Gasteiger partial charge in [-0.1, -0.05) is 93.5 Å². The SMILES string of the molecule is CCCCCCCCP(Br)CCCCCCCC. The first-order valence-corrected chi connectivity index (χ1v) is 11.9. The molecular formula is C16H34BrP. The summed E-state index contributed by atoms with van der Waals surface area (Å²) >= 11 is 3.91. The Bertz CT molecular complexity index is 134. The molecule has 0 radical (unpaired) electrons. The molecule has 0 heterocycles. The summed E-state index contributed by atoms with van der Waals surface area (Å²) in [4.78, 5) is 0. The molecule has 0 aromatic heterocycles. The second-order valence-corrected chi connectivity index (χ2v) is 10.3. The molecule has 0 N–H and O–H groups in total. The summed E-state index contributed by atoms with van der Waals surface area (Å²) in [6.07, 6.45) is 20.2. The third-order valence-electron chi connectivity index (χ3n) is 3.51. The van der Waals surface area contributed by atoms with Gasteiger partial charge in [-0.15, -0.1) is 0 Å². The van der Waals surface area contributed by atoms with E-state index in [9.17, 15) is 0 Å². The molecule has 0 spiro atoms. The van der Waals surface area contributed by atoms with E-state index in [1.165, 1.54) is 89.4 Å². The summed E-state index contributed by atoms with van der Waals surface area (Å²) in [5, 5.41) is 0. The molecule has 0 nitrogen and oxygen atoms in total. The molecule has 0 atom stereocenters. The number of hydrogen-bond acceptors (Lipinski definition) is 0. The molecule has 0 saturated carbocycles. The van der Waals surface area contributed by atoms with Gasteiger partial charge in [-0.05, 0) is 31.8 Å². The highest BCUT2D eigenvalue weighted by Gasteiger charge is 2.02. The first kappa shape index (κ1) is 18.9. The lowest BCUT2D eigenvalue weighted by atomic mass is 10.1. The van der Waals surface area contributed by atoms with Crippen molar-refractivity contribution in [2.24, 2.45) is 0 Å². The first-order chi connectivity index (χ1) is 8.81. The van der Waals surface area contributed by atoms with Crippen LogP contribution < -0.4 is 0 Å². The van der Waals surface area contributed by atoms with Crippen LogP contribution in [0.25, 0.3) is 0 Å². The molecule has 0 bridgehead atoms. The summed E-state index contributed by atoms with van der Waals surface area (Å²) in [6, 6.07) is 0. The Balaban J connectivity index is 3.10. The standard InChI is InChI=1S/C16H34BrP/c1-3-5-7-9-11-13-15-18(17)16-14-12-10-8-6-4-2/h3-16H2,1-2H3. The third-order valence-corrected chi connectivity index (χ3v) is 7.24. The maximum atomic E-state index is 3.91. The Kier molecular flexibility index (Phi) is 16.8. The molecule has 2 heteroatoms. The zero-order valence-corrected chi connectivity index (χ0v) is 15.2. The molecule has 0 amide bonds. The molecule has 0 fully saturated rings. The van der Waals surface area contributed by atoms with E-state index >= 15 is 0 Å². The first-order valence-electron chi connectivity index (χ1n) is 8.22. The molecule has 0 rings (SSSR count). The van der Waals surface area contributed by atoms with E-state index in [1.807, 2.05) is 0 Å². The van der Waals surface area contributed by atoms with Crippen molar-refractivity contribution in [2.75, 3.05) is 12.3 Å². The number of hydrogen-bond donors (Lipinski definition) is 0. The lowest BCUT2D eigenvalue weighted by molar-refractivity contribution is 0.622. The Hall–Kier alpha value is 0.910. The van der Waals surface area contributed by atoms with Gasteiger partial charge in [0.2, 0.25) is 0 Å². The Morgan fingerprint density at radius 1 is 0.556 bits per heavy atom. The lowest BCUT2D eigenvalue weighted by Gasteiger charge is -2.09.